The minimum atomic E-state index is -4.65. The Balaban J connectivity index is 3.27. The molecule has 9 heteroatoms. The highest BCUT2D eigenvalue weighted by molar-refractivity contribution is 7.80. The van der Waals surface area contributed by atoms with Gasteiger partial charge in [0.2, 0.25) is 0 Å². The van der Waals surface area contributed by atoms with Crippen LogP contribution in [-0.2, 0) is 6.18 Å². The smallest absolute Gasteiger partial charge is 0.376 e. The standard InChI is InChI=1S/C8H6F3N3O2S/c9-8(10,11)4-1-2-5(13-7(12)17)6(3-4)14(15)16/h1-3H,(H3,12,13,17). The summed E-state index contributed by atoms with van der Waals surface area (Å²) in [5, 5.41) is 12.6. The monoisotopic (exact) mass is 265 g/mol. The molecule has 0 aliphatic rings. The van der Waals surface area contributed by atoms with Gasteiger partial charge in [-0.25, -0.2) is 0 Å². The number of nitro groups is 1. The summed E-state index contributed by atoms with van der Waals surface area (Å²) in [6, 6.07) is 2.02. The molecule has 0 saturated carbocycles. The average Bonchev–Trinajstić information content (AvgIpc) is 2.15. The summed E-state index contributed by atoms with van der Waals surface area (Å²) in [4.78, 5) is 9.65. The highest BCUT2D eigenvalue weighted by Gasteiger charge is 2.33. The molecule has 0 atom stereocenters. The molecule has 0 amide bonds. The van der Waals surface area contributed by atoms with Crippen molar-refractivity contribution >= 4 is 28.7 Å². The molecule has 0 unspecified atom stereocenters. The van der Waals surface area contributed by atoms with Crippen LogP contribution in [0.1, 0.15) is 5.56 Å². The maximum atomic E-state index is 12.3. The topological polar surface area (TPSA) is 81.2 Å². The first-order valence-corrected chi connectivity index (χ1v) is 4.54. The van der Waals surface area contributed by atoms with Crippen molar-refractivity contribution in [3.05, 3.63) is 33.9 Å². The lowest BCUT2D eigenvalue weighted by Gasteiger charge is -2.09. The van der Waals surface area contributed by atoms with Crippen LogP contribution in [0.15, 0.2) is 18.2 Å². The van der Waals surface area contributed by atoms with Crippen LogP contribution in [0.4, 0.5) is 24.5 Å². The molecule has 17 heavy (non-hydrogen) atoms. The quantitative estimate of drug-likeness (QED) is 0.487. The van der Waals surface area contributed by atoms with E-state index < -0.39 is 22.4 Å². The summed E-state index contributed by atoms with van der Waals surface area (Å²) in [5.74, 6) is 0. The molecular weight excluding hydrogens is 259 g/mol. The third-order valence-electron chi connectivity index (χ3n) is 1.78. The Labute approximate surface area is 98.6 Å². The maximum Gasteiger partial charge on any atom is 0.416 e. The molecule has 0 radical (unpaired) electrons. The van der Waals surface area contributed by atoms with Gasteiger partial charge < -0.3 is 11.1 Å². The van der Waals surface area contributed by atoms with Gasteiger partial charge in [0.25, 0.3) is 5.69 Å². The zero-order valence-corrected chi connectivity index (χ0v) is 8.93. The highest BCUT2D eigenvalue weighted by Crippen LogP contribution is 2.34. The zero-order valence-electron chi connectivity index (χ0n) is 8.12. The van der Waals surface area contributed by atoms with Crippen molar-refractivity contribution < 1.29 is 18.1 Å². The molecule has 92 valence electrons. The Morgan fingerprint density at radius 1 is 1.47 bits per heavy atom. The van der Waals surface area contributed by atoms with Gasteiger partial charge in [0.1, 0.15) is 5.69 Å². The number of nitrogens with one attached hydrogen (secondary N) is 1. The minimum absolute atomic E-state index is 0.185. The number of thiocarbonyl (C=S) groups is 1. The van der Waals surface area contributed by atoms with E-state index in [1.807, 2.05) is 0 Å². The lowest BCUT2D eigenvalue weighted by Crippen LogP contribution is -2.20. The molecule has 0 aliphatic heterocycles. The first-order valence-electron chi connectivity index (χ1n) is 4.14. The number of alkyl halides is 3. The molecule has 0 spiro atoms. The third kappa shape index (κ3) is 3.28. The normalized spacial score (nSPS) is 11.0. The number of anilines is 1. The van der Waals surface area contributed by atoms with Crippen molar-refractivity contribution in [3.63, 3.8) is 0 Å². The van der Waals surface area contributed by atoms with Gasteiger partial charge in [-0.1, -0.05) is 0 Å². The molecular formula is C8H6F3N3O2S. The van der Waals surface area contributed by atoms with Crippen molar-refractivity contribution in [1.82, 2.24) is 0 Å². The summed E-state index contributed by atoms with van der Waals surface area (Å²) >= 11 is 4.45. The second-order valence-corrected chi connectivity index (χ2v) is 3.42. The van der Waals surface area contributed by atoms with Crippen LogP contribution in [0.2, 0.25) is 0 Å². The molecule has 5 nitrogen and oxygen atoms in total. The third-order valence-corrected chi connectivity index (χ3v) is 1.88. The fourth-order valence-electron chi connectivity index (χ4n) is 1.10. The van der Waals surface area contributed by atoms with E-state index >= 15 is 0 Å². The van der Waals surface area contributed by atoms with E-state index in [0.29, 0.717) is 12.1 Å². The molecule has 0 fully saturated rings. The van der Waals surface area contributed by atoms with Gasteiger partial charge in [-0.05, 0) is 24.4 Å². The SMILES string of the molecule is NC(=S)Nc1ccc(C(F)(F)F)cc1[N+](=O)[O-]. The predicted molar refractivity (Wildman–Crippen MR) is 58.5 cm³/mol. The van der Waals surface area contributed by atoms with Crippen LogP contribution in [0, 0.1) is 10.1 Å². The van der Waals surface area contributed by atoms with Crippen molar-refractivity contribution in [2.24, 2.45) is 5.73 Å². The van der Waals surface area contributed by atoms with Gasteiger partial charge >= 0.3 is 6.18 Å². The molecule has 3 N–H and O–H groups in total. The van der Waals surface area contributed by atoms with Crippen LogP contribution >= 0.6 is 12.2 Å². The zero-order chi connectivity index (χ0) is 13.2. The predicted octanol–water partition coefficient (Wildman–Crippen LogP) is 2.27. The van der Waals surface area contributed by atoms with E-state index in [4.69, 9.17) is 5.73 Å². The van der Waals surface area contributed by atoms with Gasteiger partial charge in [0, 0.05) is 6.07 Å². The van der Waals surface area contributed by atoms with E-state index in [9.17, 15) is 23.3 Å². The Morgan fingerprint density at radius 2 is 2.06 bits per heavy atom. The van der Waals surface area contributed by atoms with Crippen LogP contribution in [0.3, 0.4) is 0 Å². The number of hydrogen-bond acceptors (Lipinski definition) is 3. The van der Waals surface area contributed by atoms with Crippen molar-refractivity contribution in [1.29, 1.82) is 0 Å². The summed E-state index contributed by atoms with van der Waals surface area (Å²) < 4.78 is 37.0. The van der Waals surface area contributed by atoms with Crippen LogP contribution < -0.4 is 11.1 Å². The average molecular weight is 265 g/mol. The fourth-order valence-corrected chi connectivity index (χ4v) is 1.21. The first-order chi connectivity index (χ1) is 7.71. The van der Waals surface area contributed by atoms with Gasteiger partial charge in [-0.15, -0.1) is 0 Å². The summed E-state index contributed by atoms with van der Waals surface area (Å²) in [6.07, 6.45) is -4.65. The number of nitrogens with two attached hydrogens (primary N) is 1. The Morgan fingerprint density at radius 3 is 2.47 bits per heavy atom. The first kappa shape index (κ1) is 13.2. The Hall–Kier alpha value is -1.90. The molecule has 0 aromatic heterocycles. The summed E-state index contributed by atoms with van der Waals surface area (Å²) in [5.41, 5.74) is 3.05. The Bertz CT molecular complexity index is 476. The maximum absolute atomic E-state index is 12.3. The van der Waals surface area contributed by atoms with Gasteiger partial charge in [-0.3, -0.25) is 10.1 Å². The van der Waals surface area contributed by atoms with Gasteiger partial charge in [0.15, 0.2) is 5.11 Å². The number of hydrogen-bond donors (Lipinski definition) is 2. The lowest BCUT2D eigenvalue weighted by molar-refractivity contribution is -0.384. The summed E-state index contributed by atoms with van der Waals surface area (Å²) in [7, 11) is 0. The van der Waals surface area contributed by atoms with Crippen LogP contribution in [0.25, 0.3) is 0 Å². The van der Waals surface area contributed by atoms with Crippen LogP contribution in [-0.4, -0.2) is 10.0 Å². The molecule has 0 aliphatic carbocycles. The number of rotatable bonds is 2. The molecule has 0 saturated heterocycles. The highest BCUT2D eigenvalue weighted by atomic mass is 32.1. The molecule has 0 heterocycles. The Kier molecular flexibility index (Phi) is 3.51. The number of nitrogens with zero attached hydrogens (tertiary/aromatic N) is 1. The number of benzene rings is 1. The molecule has 1 aromatic carbocycles. The van der Waals surface area contributed by atoms with Gasteiger partial charge in [0.05, 0.1) is 10.5 Å². The van der Waals surface area contributed by atoms with Crippen molar-refractivity contribution in [3.8, 4) is 0 Å². The second-order valence-electron chi connectivity index (χ2n) is 2.98. The molecule has 0 bridgehead atoms. The van der Waals surface area contributed by atoms with Crippen molar-refractivity contribution in [2.45, 2.75) is 6.18 Å². The fraction of sp³-hybridized carbons (Fsp3) is 0.125. The van der Waals surface area contributed by atoms with E-state index in [-0.39, 0.29) is 10.8 Å². The van der Waals surface area contributed by atoms with E-state index in [0.717, 1.165) is 6.07 Å². The number of halogens is 3. The lowest BCUT2D eigenvalue weighted by atomic mass is 10.1. The molecule has 1 rings (SSSR count). The largest absolute Gasteiger partial charge is 0.416 e. The van der Waals surface area contributed by atoms with Gasteiger partial charge in [-0.2, -0.15) is 13.2 Å². The molecule has 1 aromatic rings. The van der Waals surface area contributed by atoms with Crippen LogP contribution in [0.5, 0.6) is 0 Å². The minimum Gasteiger partial charge on any atom is -0.376 e. The van der Waals surface area contributed by atoms with E-state index in [2.05, 4.69) is 17.5 Å². The van der Waals surface area contributed by atoms with E-state index in [1.54, 1.807) is 0 Å². The second kappa shape index (κ2) is 4.53. The van der Waals surface area contributed by atoms with Crippen molar-refractivity contribution in [2.75, 3.05) is 5.32 Å². The number of nitro benzene ring substituents is 1. The summed E-state index contributed by atoms with van der Waals surface area (Å²) in [6.45, 7) is 0. The van der Waals surface area contributed by atoms with E-state index in [1.165, 1.54) is 0 Å².